The van der Waals surface area contributed by atoms with Crippen molar-refractivity contribution in [3.05, 3.63) is 23.8 Å². The normalized spacial score (nSPS) is 11.4. The molecule has 0 unspecified atom stereocenters. The summed E-state index contributed by atoms with van der Waals surface area (Å²) in [6.07, 6.45) is 1.62. The number of rotatable bonds is 8. The lowest BCUT2D eigenvalue weighted by Crippen LogP contribution is -2.52. The number of methoxy groups -OCH3 is 1. The lowest BCUT2D eigenvalue weighted by Gasteiger charge is -2.31. The van der Waals surface area contributed by atoms with Crippen molar-refractivity contribution in [1.82, 2.24) is 5.32 Å². The molecule has 0 aliphatic carbocycles. The van der Waals surface area contributed by atoms with Gasteiger partial charge in [-0.15, -0.1) is 0 Å². The Bertz CT molecular complexity index is 488. The monoisotopic (exact) mass is 308 g/mol. The van der Waals surface area contributed by atoms with Crippen LogP contribution in [0.4, 0.5) is 0 Å². The van der Waals surface area contributed by atoms with Crippen molar-refractivity contribution in [3.63, 3.8) is 0 Å². The molecule has 1 aromatic carbocycles. The Balaban J connectivity index is 2.99. The molecule has 0 saturated heterocycles. The number of nitrogens with two attached hydrogens (primary N) is 1. The topological polar surface area (TPSA) is 73.6 Å². The summed E-state index contributed by atoms with van der Waals surface area (Å²) >= 11 is 0. The van der Waals surface area contributed by atoms with Crippen LogP contribution in [-0.4, -0.2) is 31.2 Å². The lowest BCUT2D eigenvalue weighted by atomic mass is 9.92. The van der Waals surface area contributed by atoms with E-state index in [4.69, 9.17) is 15.2 Å². The molecule has 3 N–H and O–H groups in total. The molecule has 22 heavy (non-hydrogen) atoms. The van der Waals surface area contributed by atoms with Gasteiger partial charge in [0.05, 0.1) is 18.8 Å². The highest BCUT2D eigenvalue weighted by Crippen LogP contribution is 2.29. The standard InChI is InChI=1S/C17H28N2O3/c1-6-17(7-2,11-18)19-16(20)13-8-9-14(22-12(3)4)15(10-13)21-5/h8-10,12H,6-7,11,18H2,1-5H3,(H,19,20). The Labute approximate surface area is 133 Å². The second kappa shape index (κ2) is 8.03. The average molecular weight is 308 g/mol. The van der Waals surface area contributed by atoms with Gasteiger partial charge in [0.25, 0.3) is 5.91 Å². The molecule has 0 saturated carbocycles. The molecule has 0 radical (unpaired) electrons. The summed E-state index contributed by atoms with van der Waals surface area (Å²) in [5, 5.41) is 3.05. The zero-order valence-electron chi connectivity index (χ0n) is 14.2. The maximum Gasteiger partial charge on any atom is 0.251 e. The first-order chi connectivity index (χ1) is 10.4. The van der Waals surface area contributed by atoms with Crippen LogP contribution in [0.1, 0.15) is 50.9 Å². The second-order valence-electron chi connectivity index (χ2n) is 5.68. The number of carbonyl (C=O) groups excluding carboxylic acids is 1. The molecule has 0 aliphatic heterocycles. The summed E-state index contributed by atoms with van der Waals surface area (Å²) in [6, 6.07) is 5.19. The minimum absolute atomic E-state index is 0.0404. The van der Waals surface area contributed by atoms with E-state index in [9.17, 15) is 4.79 Å². The zero-order chi connectivity index (χ0) is 16.8. The first kappa shape index (κ1) is 18.3. The first-order valence-corrected chi connectivity index (χ1v) is 7.78. The van der Waals surface area contributed by atoms with E-state index in [0.717, 1.165) is 12.8 Å². The highest BCUT2D eigenvalue weighted by Gasteiger charge is 2.27. The third-order valence-electron chi connectivity index (χ3n) is 3.91. The Hall–Kier alpha value is -1.75. The van der Waals surface area contributed by atoms with Crippen molar-refractivity contribution in [2.45, 2.75) is 52.2 Å². The summed E-state index contributed by atoms with van der Waals surface area (Å²) < 4.78 is 11.0. The number of hydrogen-bond donors (Lipinski definition) is 2. The molecular formula is C17H28N2O3. The highest BCUT2D eigenvalue weighted by atomic mass is 16.5. The van der Waals surface area contributed by atoms with Gasteiger partial charge >= 0.3 is 0 Å². The van der Waals surface area contributed by atoms with E-state index in [2.05, 4.69) is 5.32 Å². The van der Waals surface area contributed by atoms with E-state index in [1.54, 1.807) is 25.3 Å². The van der Waals surface area contributed by atoms with Crippen LogP contribution in [0.15, 0.2) is 18.2 Å². The molecule has 1 aromatic rings. The summed E-state index contributed by atoms with van der Waals surface area (Å²) in [7, 11) is 1.56. The van der Waals surface area contributed by atoms with Gasteiger partial charge in [-0.1, -0.05) is 13.8 Å². The minimum Gasteiger partial charge on any atom is -0.493 e. The third-order valence-corrected chi connectivity index (χ3v) is 3.91. The van der Waals surface area contributed by atoms with E-state index in [0.29, 0.717) is 23.6 Å². The van der Waals surface area contributed by atoms with Crippen molar-refractivity contribution in [1.29, 1.82) is 0 Å². The van der Waals surface area contributed by atoms with Crippen LogP contribution in [0.5, 0.6) is 11.5 Å². The number of nitrogens with one attached hydrogen (secondary N) is 1. The zero-order valence-corrected chi connectivity index (χ0v) is 14.2. The second-order valence-corrected chi connectivity index (χ2v) is 5.68. The molecule has 124 valence electrons. The SMILES string of the molecule is CCC(CC)(CN)NC(=O)c1ccc(OC(C)C)c(OC)c1. The largest absolute Gasteiger partial charge is 0.493 e. The quantitative estimate of drug-likeness (QED) is 0.774. The van der Waals surface area contributed by atoms with Gasteiger partial charge < -0.3 is 20.5 Å². The van der Waals surface area contributed by atoms with Crippen molar-refractivity contribution in [2.24, 2.45) is 5.73 Å². The van der Waals surface area contributed by atoms with Gasteiger partial charge in [0.2, 0.25) is 0 Å². The molecule has 1 rings (SSSR count). The van der Waals surface area contributed by atoms with Crippen molar-refractivity contribution in [3.8, 4) is 11.5 Å². The van der Waals surface area contributed by atoms with Crippen LogP contribution in [0, 0.1) is 0 Å². The van der Waals surface area contributed by atoms with Crippen molar-refractivity contribution >= 4 is 5.91 Å². The lowest BCUT2D eigenvalue weighted by molar-refractivity contribution is 0.0895. The molecule has 0 aromatic heterocycles. The Morgan fingerprint density at radius 1 is 1.27 bits per heavy atom. The van der Waals surface area contributed by atoms with Gasteiger partial charge in [-0.25, -0.2) is 0 Å². The van der Waals surface area contributed by atoms with Crippen LogP contribution in [-0.2, 0) is 0 Å². The third kappa shape index (κ3) is 4.37. The molecular weight excluding hydrogens is 280 g/mol. The predicted octanol–water partition coefficient (Wildman–Crippen LogP) is 2.73. The highest BCUT2D eigenvalue weighted by molar-refractivity contribution is 5.95. The molecule has 0 aliphatic rings. The smallest absolute Gasteiger partial charge is 0.251 e. The van der Waals surface area contributed by atoms with Crippen LogP contribution < -0.4 is 20.5 Å². The fraction of sp³-hybridized carbons (Fsp3) is 0.588. The van der Waals surface area contributed by atoms with Crippen molar-refractivity contribution in [2.75, 3.05) is 13.7 Å². The van der Waals surface area contributed by atoms with Gasteiger partial charge in [-0.05, 0) is 44.9 Å². The number of hydrogen-bond acceptors (Lipinski definition) is 4. The van der Waals surface area contributed by atoms with E-state index in [-0.39, 0.29) is 17.6 Å². The summed E-state index contributed by atoms with van der Waals surface area (Å²) in [5.41, 5.74) is 6.00. The molecule has 0 spiro atoms. The van der Waals surface area contributed by atoms with Crippen LogP contribution in [0.25, 0.3) is 0 Å². The van der Waals surface area contributed by atoms with E-state index < -0.39 is 0 Å². The van der Waals surface area contributed by atoms with E-state index >= 15 is 0 Å². The number of benzene rings is 1. The molecule has 0 bridgehead atoms. The number of carbonyl (C=O) groups is 1. The molecule has 5 heteroatoms. The van der Waals surface area contributed by atoms with Crippen molar-refractivity contribution < 1.29 is 14.3 Å². The molecule has 0 heterocycles. The predicted molar refractivity (Wildman–Crippen MR) is 88.6 cm³/mol. The van der Waals surface area contributed by atoms with E-state index in [1.807, 2.05) is 27.7 Å². The van der Waals surface area contributed by atoms with Crippen LogP contribution in [0.3, 0.4) is 0 Å². The summed E-state index contributed by atoms with van der Waals surface area (Å²) in [4.78, 5) is 12.5. The molecule has 0 atom stereocenters. The Morgan fingerprint density at radius 2 is 1.91 bits per heavy atom. The molecule has 5 nitrogen and oxygen atoms in total. The summed E-state index contributed by atoms with van der Waals surface area (Å²) in [5.74, 6) is 1.03. The maximum absolute atomic E-state index is 12.5. The first-order valence-electron chi connectivity index (χ1n) is 7.78. The molecule has 0 fully saturated rings. The van der Waals surface area contributed by atoms with Crippen LogP contribution in [0.2, 0.25) is 0 Å². The molecule has 1 amide bonds. The fourth-order valence-electron chi connectivity index (χ4n) is 2.24. The number of ether oxygens (including phenoxy) is 2. The van der Waals surface area contributed by atoms with Gasteiger partial charge in [-0.3, -0.25) is 4.79 Å². The number of amides is 1. The average Bonchev–Trinajstić information content (AvgIpc) is 2.52. The minimum atomic E-state index is -0.364. The van der Waals surface area contributed by atoms with Gasteiger partial charge in [0.1, 0.15) is 0 Å². The Morgan fingerprint density at radius 3 is 2.36 bits per heavy atom. The maximum atomic E-state index is 12.5. The Kier molecular flexibility index (Phi) is 6.68. The fourth-order valence-corrected chi connectivity index (χ4v) is 2.24. The van der Waals surface area contributed by atoms with Gasteiger partial charge in [0, 0.05) is 12.1 Å². The summed E-state index contributed by atoms with van der Waals surface area (Å²) in [6.45, 7) is 8.35. The van der Waals surface area contributed by atoms with Gasteiger partial charge in [0.15, 0.2) is 11.5 Å². The van der Waals surface area contributed by atoms with Crippen LogP contribution >= 0.6 is 0 Å². The van der Waals surface area contributed by atoms with E-state index in [1.165, 1.54) is 0 Å². The van der Waals surface area contributed by atoms with Gasteiger partial charge in [-0.2, -0.15) is 0 Å².